The van der Waals surface area contributed by atoms with E-state index in [4.69, 9.17) is 4.74 Å². The number of aryl methyl sites for hydroxylation is 1. The number of hydrogen-bond donors (Lipinski definition) is 0. The van der Waals surface area contributed by atoms with E-state index >= 15 is 0 Å². The first-order valence-corrected chi connectivity index (χ1v) is 6.57. The van der Waals surface area contributed by atoms with Crippen molar-refractivity contribution >= 4 is 27.3 Å². The van der Waals surface area contributed by atoms with Crippen molar-refractivity contribution in [2.24, 2.45) is 0 Å². The normalized spacial score (nSPS) is 10.4. The van der Waals surface area contributed by atoms with Gasteiger partial charge in [0.25, 0.3) is 0 Å². The van der Waals surface area contributed by atoms with Crippen LogP contribution in [0.3, 0.4) is 0 Å². The van der Waals surface area contributed by atoms with Gasteiger partial charge in [0.15, 0.2) is 5.75 Å². The Morgan fingerprint density at radius 1 is 1.44 bits per heavy atom. The molecule has 0 amide bonds. The molecule has 0 bridgehead atoms. The van der Waals surface area contributed by atoms with Crippen LogP contribution in [-0.2, 0) is 6.42 Å². The lowest BCUT2D eigenvalue weighted by Gasteiger charge is -2.06. The largest absolute Gasteiger partial charge is 0.490 e. The number of halogens is 1. The molecule has 2 aromatic rings. The van der Waals surface area contributed by atoms with Crippen molar-refractivity contribution in [2.45, 2.75) is 13.3 Å². The Bertz CT molecular complexity index is 473. The van der Waals surface area contributed by atoms with Crippen LogP contribution in [0.15, 0.2) is 28.4 Å². The van der Waals surface area contributed by atoms with Crippen molar-refractivity contribution < 1.29 is 4.74 Å². The van der Waals surface area contributed by atoms with Gasteiger partial charge in [-0.15, -0.1) is 11.3 Å². The van der Waals surface area contributed by atoms with Gasteiger partial charge >= 0.3 is 0 Å². The number of ether oxygens (including phenoxy) is 1. The van der Waals surface area contributed by atoms with E-state index in [1.165, 1.54) is 4.88 Å². The number of thiazole rings is 1. The predicted octanol–water partition coefficient (Wildman–Crippen LogP) is 3.23. The Morgan fingerprint density at radius 3 is 3.00 bits per heavy atom. The smallest absolute Gasteiger partial charge is 0.152 e. The van der Waals surface area contributed by atoms with E-state index in [-0.39, 0.29) is 0 Å². The number of aromatic nitrogens is 2. The Kier molecular flexibility index (Phi) is 3.90. The summed E-state index contributed by atoms with van der Waals surface area (Å²) in [6, 6.07) is 3.76. The van der Waals surface area contributed by atoms with Gasteiger partial charge < -0.3 is 4.74 Å². The molecule has 0 saturated carbocycles. The molecule has 0 aliphatic heterocycles. The van der Waals surface area contributed by atoms with Crippen LogP contribution in [0.5, 0.6) is 5.75 Å². The average molecular weight is 299 g/mol. The molecule has 0 aromatic carbocycles. The fourth-order valence-corrected chi connectivity index (χ4v) is 2.43. The van der Waals surface area contributed by atoms with E-state index in [0.29, 0.717) is 6.61 Å². The molecule has 0 saturated heterocycles. The highest BCUT2D eigenvalue weighted by molar-refractivity contribution is 9.10. The maximum Gasteiger partial charge on any atom is 0.152 e. The lowest BCUT2D eigenvalue weighted by Crippen LogP contribution is -2.02. The summed E-state index contributed by atoms with van der Waals surface area (Å²) < 4.78 is 6.38. The molecule has 0 radical (unpaired) electrons. The van der Waals surface area contributed by atoms with Gasteiger partial charge in [-0.25, -0.2) is 9.97 Å². The molecular weight excluding hydrogens is 288 g/mol. The molecule has 2 aromatic heterocycles. The van der Waals surface area contributed by atoms with Gasteiger partial charge in [0.05, 0.1) is 17.8 Å². The summed E-state index contributed by atoms with van der Waals surface area (Å²) in [6.45, 7) is 2.67. The van der Waals surface area contributed by atoms with Crippen molar-refractivity contribution in [1.82, 2.24) is 9.97 Å². The summed E-state index contributed by atoms with van der Waals surface area (Å²) in [5, 5.41) is 0. The number of hydrogen-bond acceptors (Lipinski definition) is 4. The SMILES string of the molecule is Cc1ncsc1CCOc1cccnc1Br. The molecule has 2 rings (SSSR count). The Hall–Kier alpha value is -0.940. The highest BCUT2D eigenvalue weighted by atomic mass is 79.9. The summed E-state index contributed by atoms with van der Waals surface area (Å²) in [7, 11) is 0. The van der Waals surface area contributed by atoms with Crippen molar-refractivity contribution in [3.8, 4) is 5.75 Å². The van der Waals surface area contributed by atoms with Crippen LogP contribution < -0.4 is 4.74 Å². The molecule has 2 heterocycles. The second-order valence-electron chi connectivity index (χ2n) is 3.25. The Labute approximate surface area is 107 Å². The summed E-state index contributed by atoms with van der Waals surface area (Å²) in [4.78, 5) is 9.57. The first-order valence-electron chi connectivity index (χ1n) is 4.89. The van der Waals surface area contributed by atoms with E-state index in [9.17, 15) is 0 Å². The highest BCUT2D eigenvalue weighted by Crippen LogP contribution is 2.21. The van der Waals surface area contributed by atoms with E-state index in [2.05, 4.69) is 25.9 Å². The topological polar surface area (TPSA) is 35.0 Å². The fraction of sp³-hybridized carbons (Fsp3) is 0.273. The maximum atomic E-state index is 5.63. The van der Waals surface area contributed by atoms with E-state index in [1.807, 2.05) is 24.6 Å². The van der Waals surface area contributed by atoms with E-state index < -0.39 is 0 Å². The molecule has 0 spiro atoms. The molecule has 0 aliphatic carbocycles. The van der Waals surface area contributed by atoms with Crippen LogP contribution in [0.1, 0.15) is 10.6 Å². The van der Waals surface area contributed by atoms with Gasteiger partial charge in [-0.05, 0) is 35.0 Å². The second kappa shape index (κ2) is 5.41. The average Bonchev–Trinajstić information content (AvgIpc) is 2.67. The van der Waals surface area contributed by atoms with Gasteiger partial charge in [-0.3, -0.25) is 0 Å². The first-order chi connectivity index (χ1) is 7.77. The third-order valence-electron chi connectivity index (χ3n) is 2.16. The van der Waals surface area contributed by atoms with Crippen LogP contribution in [-0.4, -0.2) is 16.6 Å². The second-order valence-corrected chi connectivity index (χ2v) is 4.94. The quantitative estimate of drug-likeness (QED) is 0.813. The Morgan fingerprint density at radius 2 is 2.31 bits per heavy atom. The molecule has 5 heteroatoms. The minimum absolute atomic E-state index is 0.646. The summed E-state index contributed by atoms with van der Waals surface area (Å²) in [6.07, 6.45) is 2.61. The number of rotatable bonds is 4. The minimum atomic E-state index is 0.646. The van der Waals surface area contributed by atoms with Gasteiger partial charge in [-0.2, -0.15) is 0 Å². The third-order valence-corrected chi connectivity index (χ3v) is 3.75. The lowest BCUT2D eigenvalue weighted by atomic mass is 10.3. The van der Waals surface area contributed by atoms with Crippen molar-refractivity contribution in [3.63, 3.8) is 0 Å². The van der Waals surface area contributed by atoms with Crippen LogP contribution in [0.25, 0.3) is 0 Å². The van der Waals surface area contributed by atoms with Crippen molar-refractivity contribution in [2.75, 3.05) is 6.61 Å². The molecule has 0 unspecified atom stereocenters. The zero-order valence-electron chi connectivity index (χ0n) is 8.81. The van der Waals surface area contributed by atoms with E-state index in [0.717, 1.165) is 22.5 Å². The van der Waals surface area contributed by atoms with Crippen LogP contribution in [0, 0.1) is 6.92 Å². The molecule has 0 aliphatic rings. The molecule has 16 heavy (non-hydrogen) atoms. The highest BCUT2D eigenvalue weighted by Gasteiger charge is 2.03. The summed E-state index contributed by atoms with van der Waals surface area (Å²) in [5.74, 6) is 0.782. The van der Waals surface area contributed by atoms with Gasteiger partial charge in [0, 0.05) is 17.5 Å². The van der Waals surface area contributed by atoms with Crippen molar-refractivity contribution in [1.29, 1.82) is 0 Å². The lowest BCUT2D eigenvalue weighted by molar-refractivity contribution is 0.319. The van der Waals surface area contributed by atoms with Gasteiger partial charge in [0.2, 0.25) is 0 Å². The van der Waals surface area contributed by atoms with Crippen LogP contribution in [0.2, 0.25) is 0 Å². The zero-order valence-corrected chi connectivity index (χ0v) is 11.2. The fourth-order valence-electron chi connectivity index (χ4n) is 1.30. The molecule has 0 N–H and O–H groups in total. The van der Waals surface area contributed by atoms with Gasteiger partial charge in [-0.1, -0.05) is 0 Å². The predicted molar refractivity (Wildman–Crippen MR) is 68.0 cm³/mol. The molecule has 84 valence electrons. The van der Waals surface area contributed by atoms with Gasteiger partial charge in [0.1, 0.15) is 4.60 Å². The zero-order chi connectivity index (χ0) is 11.4. The monoisotopic (exact) mass is 298 g/mol. The number of pyridine rings is 1. The standard InChI is InChI=1S/C11H11BrN2OS/c1-8-10(16-7-14-8)4-6-15-9-3-2-5-13-11(9)12/h2-3,5,7H,4,6H2,1H3. The first kappa shape index (κ1) is 11.5. The Balaban J connectivity index is 1.89. The maximum absolute atomic E-state index is 5.63. The van der Waals surface area contributed by atoms with Crippen molar-refractivity contribution in [3.05, 3.63) is 39.0 Å². The molecule has 0 fully saturated rings. The molecular formula is C11H11BrN2OS. The molecule has 3 nitrogen and oxygen atoms in total. The van der Waals surface area contributed by atoms with Crippen LogP contribution >= 0.6 is 27.3 Å². The molecule has 0 atom stereocenters. The third kappa shape index (κ3) is 2.80. The summed E-state index contributed by atoms with van der Waals surface area (Å²) >= 11 is 5.01. The number of nitrogens with zero attached hydrogens (tertiary/aromatic N) is 2. The van der Waals surface area contributed by atoms with E-state index in [1.54, 1.807) is 17.5 Å². The van der Waals surface area contributed by atoms with Crippen LogP contribution in [0.4, 0.5) is 0 Å². The summed E-state index contributed by atoms with van der Waals surface area (Å²) in [5.41, 5.74) is 2.96. The minimum Gasteiger partial charge on any atom is -0.490 e.